The molecule has 1 aliphatic rings. The molecule has 0 unspecified atom stereocenters. The van der Waals surface area contributed by atoms with Crippen molar-refractivity contribution in [3.05, 3.63) is 65.2 Å². The van der Waals surface area contributed by atoms with Crippen molar-refractivity contribution < 1.29 is 18.3 Å². The summed E-state index contributed by atoms with van der Waals surface area (Å²) in [5, 5.41) is 2.94. The normalized spacial score (nSPS) is 15.2. The van der Waals surface area contributed by atoms with Crippen LogP contribution >= 0.6 is 0 Å². The van der Waals surface area contributed by atoms with Crippen molar-refractivity contribution in [2.75, 3.05) is 32.7 Å². The monoisotopic (exact) mass is 431 g/mol. The number of alkyl halides is 2. The molecule has 1 N–H and O–H groups in total. The van der Waals surface area contributed by atoms with Crippen molar-refractivity contribution in [2.45, 2.75) is 39.5 Å². The Balaban J connectivity index is 1.36. The summed E-state index contributed by atoms with van der Waals surface area (Å²) in [6.45, 7) is 6.43. The third-order valence-electron chi connectivity index (χ3n) is 5.62. The van der Waals surface area contributed by atoms with E-state index < -0.39 is 6.61 Å². The Bertz CT molecular complexity index is 805. The highest BCUT2D eigenvalue weighted by atomic mass is 19.3. The highest BCUT2D eigenvalue weighted by Gasteiger charge is 2.15. The summed E-state index contributed by atoms with van der Waals surface area (Å²) in [7, 11) is 0. The van der Waals surface area contributed by atoms with Gasteiger partial charge in [0.15, 0.2) is 0 Å². The first kappa shape index (κ1) is 23.2. The number of rotatable bonds is 10. The Morgan fingerprint density at radius 3 is 2.13 bits per heavy atom. The first-order chi connectivity index (χ1) is 15.0. The van der Waals surface area contributed by atoms with E-state index >= 15 is 0 Å². The van der Waals surface area contributed by atoms with Crippen molar-refractivity contribution in [2.24, 2.45) is 0 Å². The zero-order chi connectivity index (χ0) is 22.1. The minimum Gasteiger partial charge on any atom is -0.435 e. The SMILES string of the molecule is CCN1CCN(Cc2ccc(CNC(=O)CCc3ccc(OC(F)F)cc3)cc2)CC1. The van der Waals surface area contributed by atoms with Gasteiger partial charge in [-0.25, -0.2) is 0 Å². The number of nitrogens with one attached hydrogen (secondary N) is 1. The average Bonchev–Trinajstić information content (AvgIpc) is 2.78. The molecule has 168 valence electrons. The molecule has 1 saturated heterocycles. The fraction of sp³-hybridized carbons (Fsp3) is 0.458. The van der Waals surface area contributed by atoms with Crippen LogP contribution in [0.15, 0.2) is 48.5 Å². The summed E-state index contributed by atoms with van der Waals surface area (Å²) >= 11 is 0. The van der Waals surface area contributed by atoms with Crippen LogP contribution < -0.4 is 10.1 Å². The third-order valence-corrected chi connectivity index (χ3v) is 5.62. The molecule has 1 heterocycles. The van der Waals surface area contributed by atoms with E-state index in [2.05, 4.69) is 51.0 Å². The largest absolute Gasteiger partial charge is 0.435 e. The molecule has 2 aromatic carbocycles. The van der Waals surface area contributed by atoms with E-state index in [1.165, 1.54) is 17.7 Å². The number of hydrogen-bond acceptors (Lipinski definition) is 4. The highest BCUT2D eigenvalue weighted by molar-refractivity contribution is 5.76. The zero-order valence-corrected chi connectivity index (χ0v) is 18.0. The van der Waals surface area contributed by atoms with Crippen LogP contribution in [0.25, 0.3) is 0 Å². The molecule has 2 aromatic rings. The molecule has 0 bridgehead atoms. The zero-order valence-electron chi connectivity index (χ0n) is 18.0. The van der Waals surface area contributed by atoms with Crippen LogP contribution in [0.5, 0.6) is 5.75 Å². The smallest absolute Gasteiger partial charge is 0.387 e. The second-order valence-electron chi connectivity index (χ2n) is 7.83. The maximum Gasteiger partial charge on any atom is 0.387 e. The minimum absolute atomic E-state index is 0.0363. The summed E-state index contributed by atoms with van der Waals surface area (Å²) in [6, 6.07) is 14.8. The van der Waals surface area contributed by atoms with Gasteiger partial charge in [0.1, 0.15) is 5.75 Å². The molecule has 0 atom stereocenters. The minimum atomic E-state index is -2.83. The average molecular weight is 432 g/mol. The van der Waals surface area contributed by atoms with Crippen molar-refractivity contribution >= 4 is 5.91 Å². The van der Waals surface area contributed by atoms with E-state index in [0.29, 0.717) is 19.4 Å². The number of ether oxygens (including phenoxy) is 1. The second-order valence-corrected chi connectivity index (χ2v) is 7.83. The third kappa shape index (κ3) is 7.92. The van der Waals surface area contributed by atoms with Gasteiger partial charge in [-0.15, -0.1) is 0 Å². The maximum atomic E-state index is 12.2. The molecule has 0 radical (unpaired) electrons. The first-order valence-corrected chi connectivity index (χ1v) is 10.8. The van der Waals surface area contributed by atoms with Crippen molar-refractivity contribution in [3.63, 3.8) is 0 Å². The number of amides is 1. The van der Waals surface area contributed by atoms with Gasteiger partial charge in [-0.3, -0.25) is 9.69 Å². The molecule has 31 heavy (non-hydrogen) atoms. The summed E-state index contributed by atoms with van der Waals surface area (Å²) in [4.78, 5) is 17.1. The van der Waals surface area contributed by atoms with Gasteiger partial charge in [-0.2, -0.15) is 8.78 Å². The van der Waals surface area contributed by atoms with Gasteiger partial charge in [0, 0.05) is 45.7 Å². The molecule has 0 spiro atoms. The lowest BCUT2D eigenvalue weighted by atomic mass is 10.1. The van der Waals surface area contributed by atoms with Crippen LogP contribution in [-0.2, 0) is 24.3 Å². The fourth-order valence-electron chi connectivity index (χ4n) is 3.67. The summed E-state index contributed by atoms with van der Waals surface area (Å²) in [5.74, 6) is 0.0839. The summed E-state index contributed by atoms with van der Waals surface area (Å²) in [5.41, 5.74) is 3.27. The number of hydrogen-bond donors (Lipinski definition) is 1. The topological polar surface area (TPSA) is 44.8 Å². The molecule has 1 fully saturated rings. The Labute approximate surface area is 183 Å². The van der Waals surface area contributed by atoms with Crippen LogP contribution in [-0.4, -0.2) is 55.0 Å². The molecule has 0 aromatic heterocycles. The Hall–Kier alpha value is -2.51. The second kappa shape index (κ2) is 11.8. The molecule has 7 heteroatoms. The van der Waals surface area contributed by atoms with Crippen LogP contribution in [0.3, 0.4) is 0 Å². The Morgan fingerprint density at radius 2 is 1.52 bits per heavy atom. The summed E-state index contributed by atoms with van der Waals surface area (Å²) in [6.07, 6.45) is 0.891. The van der Waals surface area contributed by atoms with Gasteiger partial charge in [-0.05, 0) is 41.8 Å². The lowest BCUT2D eigenvalue weighted by Gasteiger charge is -2.34. The van der Waals surface area contributed by atoms with Gasteiger partial charge >= 0.3 is 6.61 Å². The predicted octanol–water partition coefficient (Wildman–Crippen LogP) is 3.67. The van der Waals surface area contributed by atoms with Crippen LogP contribution in [0.2, 0.25) is 0 Å². The molecule has 1 aliphatic heterocycles. The standard InChI is InChI=1S/C24H31F2N3O2/c1-2-28-13-15-29(16-14-28)18-21-5-3-20(4-6-21)17-27-23(30)12-9-19-7-10-22(11-8-19)31-24(25)26/h3-8,10-11,24H,2,9,12-18H2,1H3,(H,27,30). The van der Waals surface area contributed by atoms with E-state index in [0.717, 1.165) is 50.4 Å². The van der Waals surface area contributed by atoms with Crippen LogP contribution in [0, 0.1) is 0 Å². The number of benzene rings is 2. The van der Waals surface area contributed by atoms with Crippen molar-refractivity contribution in [3.8, 4) is 5.75 Å². The van der Waals surface area contributed by atoms with E-state index in [1.54, 1.807) is 12.1 Å². The van der Waals surface area contributed by atoms with E-state index in [9.17, 15) is 13.6 Å². The lowest BCUT2D eigenvalue weighted by molar-refractivity contribution is -0.121. The quantitative estimate of drug-likeness (QED) is 0.624. The molecular formula is C24H31F2N3O2. The molecule has 0 saturated carbocycles. The van der Waals surface area contributed by atoms with Gasteiger partial charge in [0.05, 0.1) is 0 Å². The molecule has 3 rings (SSSR count). The van der Waals surface area contributed by atoms with E-state index in [-0.39, 0.29) is 11.7 Å². The van der Waals surface area contributed by atoms with Crippen LogP contribution in [0.1, 0.15) is 30.0 Å². The first-order valence-electron chi connectivity index (χ1n) is 10.8. The summed E-state index contributed by atoms with van der Waals surface area (Å²) < 4.78 is 28.7. The van der Waals surface area contributed by atoms with Crippen molar-refractivity contribution in [1.82, 2.24) is 15.1 Å². The molecule has 0 aliphatic carbocycles. The fourth-order valence-corrected chi connectivity index (χ4v) is 3.67. The number of halogens is 2. The van der Waals surface area contributed by atoms with E-state index in [1.807, 2.05) is 0 Å². The number of likely N-dealkylation sites (N-methyl/N-ethyl adjacent to an activating group) is 1. The predicted molar refractivity (Wildman–Crippen MR) is 117 cm³/mol. The molecule has 5 nitrogen and oxygen atoms in total. The number of nitrogens with zero attached hydrogens (tertiary/aromatic N) is 2. The molecule has 1 amide bonds. The highest BCUT2D eigenvalue weighted by Crippen LogP contribution is 2.16. The molecular weight excluding hydrogens is 400 g/mol. The maximum absolute atomic E-state index is 12.2. The number of aryl methyl sites for hydroxylation is 1. The van der Waals surface area contributed by atoms with Gasteiger partial charge in [-0.1, -0.05) is 43.3 Å². The number of carbonyl (C=O) groups excluding carboxylic acids is 1. The van der Waals surface area contributed by atoms with E-state index in [4.69, 9.17) is 0 Å². The van der Waals surface area contributed by atoms with Gasteiger partial charge in [0.2, 0.25) is 5.91 Å². The Morgan fingerprint density at radius 1 is 0.935 bits per heavy atom. The van der Waals surface area contributed by atoms with Crippen molar-refractivity contribution in [1.29, 1.82) is 0 Å². The van der Waals surface area contributed by atoms with Crippen LogP contribution in [0.4, 0.5) is 8.78 Å². The number of piperazine rings is 1. The van der Waals surface area contributed by atoms with Gasteiger partial charge < -0.3 is 15.0 Å². The van der Waals surface area contributed by atoms with Gasteiger partial charge in [0.25, 0.3) is 0 Å². The lowest BCUT2D eigenvalue weighted by Crippen LogP contribution is -2.45. The Kier molecular flexibility index (Phi) is 8.79. The number of carbonyl (C=O) groups is 1.